The third-order valence-corrected chi connectivity index (χ3v) is 6.57. The van der Waals surface area contributed by atoms with Crippen molar-refractivity contribution in [3.05, 3.63) is 41.4 Å². The van der Waals surface area contributed by atoms with Crippen molar-refractivity contribution >= 4 is 17.3 Å². The van der Waals surface area contributed by atoms with E-state index < -0.39 is 0 Å². The quantitative estimate of drug-likeness (QED) is 0.613. The van der Waals surface area contributed by atoms with Crippen molar-refractivity contribution in [2.24, 2.45) is 4.99 Å². The SMILES string of the molecule is CN=C(NCc1csc(-c2ccccc2)n1)NC1CCN(C2CCCC2)C1. The molecule has 0 amide bonds. The topological polar surface area (TPSA) is 52.6 Å². The number of aromatic nitrogens is 1. The minimum absolute atomic E-state index is 0.493. The second-order valence-corrected chi connectivity index (χ2v) is 8.36. The molecule has 0 spiro atoms. The Morgan fingerprint density at radius 2 is 2.04 bits per heavy atom. The van der Waals surface area contributed by atoms with Crippen LogP contribution >= 0.6 is 11.3 Å². The number of nitrogens with zero attached hydrogens (tertiary/aromatic N) is 3. The van der Waals surface area contributed by atoms with E-state index in [9.17, 15) is 0 Å². The van der Waals surface area contributed by atoms with Crippen LogP contribution in [0.3, 0.4) is 0 Å². The average Bonchev–Trinajstić information content (AvgIpc) is 3.47. The maximum absolute atomic E-state index is 4.75. The highest BCUT2D eigenvalue weighted by Crippen LogP contribution is 2.26. The van der Waals surface area contributed by atoms with Gasteiger partial charge < -0.3 is 10.6 Å². The first-order valence-corrected chi connectivity index (χ1v) is 10.9. The highest BCUT2D eigenvalue weighted by molar-refractivity contribution is 7.13. The second-order valence-electron chi connectivity index (χ2n) is 7.50. The van der Waals surface area contributed by atoms with Crippen LogP contribution in [0.15, 0.2) is 40.7 Å². The van der Waals surface area contributed by atoms with Crippen LogP contribution < -0.4 is 10.6 Å². The largest absolute Gasteiger partial charge is 0.352 e. The van der Waals surface area contributed by atoms with Crippen molar-refractivity contribution < 1.29 is 0 Å². The Balaban J connectivity index is 1.27. The summed E-state index contributed by atoms with van der Waals surface area (Å²) < 4.78 is 0. The highest BCUT2D eigenvalue weighted by Gasteiger charge is 2.30. The number of guanidine groups is 1. The smallest absolute Gasteiger partial charge is 0.191 e. The van der Waals surface area contributed by atoms with Gasteiger partial charge in [0.1, 0.15) is 5.01 Å². The van der Waals surface area contributed by atoms with Gasteiger partial charge in [0.05, 0.1) is 12.2 Å². The van der Waals surface area contributed by atoms with Crippen LogP contribution in [0.4, 0.5) is 0 Å². The van der Waals surface area contributed by atoms with E-state index in [1.54, 1.807) is 11.3 Å². The van der Waals surface area contributed by atoms with Gasteiger partial charge in [0.15, 0.2) is 5.96 Å². The lowest BCUT2D eigenvalue weighted by atomic mass is 10.2. The number of thiazole rings is 1. The van der Waals surface area contributed by atoms with Gasteiger partial charge in [0, 0.05) is 43.2 Å². The molecule has 0 radical (unpaired) electrons. The maximum Gasteiger partial charge on any atom is 0.191 e. The van der Waals surface area contributed by atoms with Gasteiger partial charge in [-0.25, -0.2) is 4.98 Å². The zero-order valence-electron chi connectivity index (χ0n) is 16.0. The standard InChI is InChI=1S/C21H29N5S/c1-22-21(25-17-11-12-26(14-17)19-9-5-6-10-19)23-13-18-15-27-20(24-18)16-7-3-2-4-8-16/h2-4,7-8,15,17,19H,5-6,9-14H2,1H3,(H2,22,23,25). The summed E-state index contributed by atoms with van der Waals surface area (Å²) in [6.07, 6.45) is 6.77. The van der Waals surface area contributed by atoms with Gasteiger partial charge in [-0.2, -0.15) is 0 Å². The normalized spacial score (nSPS) is 21.7. The van der Waals surface area contributed by atoms with E-state index in [1.165, 1.54) is 44.2 Å². The van der Waals surface area contributed by atoms with Crippen LogP contribution in [0.25, 0.3) is 10.6 Å². The van der Waals surface area contributed by atoms with Crippen LogP contribution in [0.2, 0.25) is 0 Å². The van der Waals surface area contributed by atoms with Gasteiger partial charge in [-0.05, 0) is 19.3 Å². The first-order chi connectivity index (χ1) is 13.3. The molecule has 27 heavy (non-hydrogen) atoms. The number of hydrogen-bond donors (Lipinski definition) is 2. The molecule has 2 fully saturated rings. The van der Waals surface area contributed by atoms with Crippen molar-refractivity contribution in [1.82, 2.24) is 20.5 Å². The first-order valence-electron chi connectivity index (χ1n) is 10.0. The van der Waals surface area contributed by atoms with E-state index >= 15 is 0 Å². The molecule has 2 heterocycles. The first kappa shape index (κ1) is 18.4. The summed E-state index contributed by atoms with van der Waals surface area (Å²) in [5, 5.41) is 10.2. The summed E-state index contributed by atoms with van der Waals surface area (Å²) in [6.45, 7) is 3.05. The summed E-state index contributed by atoms with van der Waals surface area (Å²) in [4.78, 5) is 11.8. The Kier molecular flexibility index (Phi) is 6.04. The van der Waals surface area contributed by atoms with Gasteiger partial charge in [0.25, 0.3) is 0 Å². The van der Waals surface area contributed by atoms with E-state index in [4.69, 9.17) is 4.98 Å². The molecule has 1 aliphatic carbocycles. The molecule has 1 saturated carbocycles. The lowest BCUT2D eigenvalue weighted by molar-refractivity contribution is 0.242. The molecule has 1 aliphatic heterocycles. The number of benzene rings is 1. The zero-order valence-corrected chi connectivity index (χ0v) is 16.8. The monoisotopic (exact) mass is 383 g/mol. The van der Waals surface area contributed by atoms with E-state index in [2.05, 4.69) is 50.2 Å². The van der Waals surface area contributed by atoms with Gasteiger partial charge in [0.2, 0.25) is 0 Å². The van der Waals surface area contributed by atoms with Crippen LogP contribution in [0.1, 0.15) is 37.8 Å². The number of aliphatic imine (C=N–C) groups is 1. The minimum atomic E-state index is 0.493. The fourth-order valence-electron chi connectivity index (χ4n) is 4.17. The van der Waals surface area contributed by atoms with Crippen LogP contribution in [0.5, 0.6) is 0 Å². The van der Waals surface area contributed by atoms with E-state index in [1.807, 2.05) is 13.1 Å². The van der Waals surface area contributed by atoms with Crippen LogP contribution in [-0.4, -0.2) is 48.1 Å². The lowest BCUT2D eigenvalue weighted by Gasteiger charge is -2.24. The maximum atomic E-state index is 4.75. The number of nitrogens with one attached hydrogen (secondary N) is 2. The summed E-state index contributed by atoms with van der Waals surface area (Å²) >= 11 is 1.69. The third-order valence-electron chi connectivity index (χ3n) is 5.63. The Morgan fingerprint density at radius 1 is 1.22 bits per heavy atom. The molecular weight excluding hydrogens is 354 g/mol. The highest BCUT2D eigenvalue weighted by atomic mass is 32.1. The van der Waals surface area contributed by atoms with Crippen molar-refractivity contribution in [2.75, 3.05) is 20.1 Å². The molecule has 1 aromatic carbocycles. The molecule has 1 atom stereocenters. The summed E-state index contributed by atoms with van der Waals surface area (Å²) in [7, 11) is 1.84. The number of likely N-dealkylation sites (tertiary alicyclic amines) is 1. The lowest BCUT2D eigenvalue weighted by Crippen LogP contribution is -2.45. The summed E-state index contributed by atoms with van der Waals surface area (Å²) in [5.74, 6) is 0.877. The Morgan fingerprint density at radius 3 is 2.81 bits per heavy atom. The van der Waals surface area contributed by atoms with Gasteiger partial charge in [-0.15, -0.1) is 11.3 Å². The molecule has 2 N–H and O–H groups in total. The van der Waals surface area contributed by atoms with Crippen molar-refractivity contribution in [2.45, 2.75) is 50.7 Å². The molecule has 2 aromatic rings. The molecule has 6 heteroatoms. The molecule has 5 nitrogen and oxygen atoms in total. The fraction of sp³-hybridized carbons (Fsp3) is 0.524. The van der Waals surface area contributed by atoms with Gasteiger partial charge >= 0.3 is 0 Å². The Bertz CT molecular complexity index is 751. The molecular formula is C21H29N5S. The predicted molar refractivity (Wildman–Crippen MR) is 113 cm³/mol. The van der Waals surface area contributed by atoms with Gasteiger partial charge in [-0.3, -0.25) is 9.89 Å². The molecule has 1 saturated heterocycles. The molecule has 1 unspecified atom stereocenters. The van der Waals surface area contributed by atoms with Crippen molar-refractivity contribution in [1.29, 1.82) is 0 Å². The van der Waals surface area contributed by atoms with E-state index in [-0.39, 0.29) is 0 Å². The average molecular weight is 384 g/mol. The fourth-order valence-corrected chi connectivity index (χ4v) is 5.00. The molecule has 0 bridgehead atoms. The van der Waals surface area contributed by atoms with Crippen LogP contribution in [-0.2, 0) is 6.54 Å². The van der Waals surface area contributed by atoms with Crippen LogP contribution in [0, 0.1) is 0 Å². The predicted octanol–water partition coefficient (Wildman–Crippen LogP) is 3.49. The second kappa shape index (κ2) is 8.85. The molecule has 4 rings (SSSR count). The third kappa shape index (κ3) is 4.68. The Hall–Kier alpha value is -1.92. The van der Waals surface area contributed by atoms with E-state index in [0.29, 0.717) is 12.6 Å². The van der Waals surface area contributed by atoms with Crippen molar-refractivity contribution in [3.63, 3.8) is 0 Å². The Labute approximate surface area is 165 Å². The molecule has 2 aliphatic rings. The summed E-state index contributed by atoms with van der Waals surface area (Å²) in [5.41, 5.74) is 2.23. The molecule has 144 valence electrons. The summed E-state index contributed by atoms with van der Waals surface area (Å²) in [6, 6.07) is 11.7. The van der Waals surface area contributed by atoms with E-state index in [0.717, 1.165) is 29.2 Å². The minimum Gasteiger partial charge on any atom is -0.352 e. The van der Waals surface area contributed by atoms with Gasteiger partial charge in [-0.1, -0.05) is 43.2 Å². The van der Waals surface area contributed by atoms with Crippen molar-refractivity contribution in [3.8, 4) is 10.6 Å². The number of hydrogen-bond acceptors (Lipinski definition) is 4. The molecule has 1 aromatic heterocycles. The number of rotatable bonds is 5. The zero-order chi connectivity index (χ0) is 18.5.